The molecule has 24 heavy (non-hydrogen) atoms. The van der Waals surface area contributed by atoms with E-state index in [0.717, 1.165) is 36.8 Å². The fourth-order valence-electron chi connectivity index (χ4n) is 3.00. The van der Waals surface area contributed by atoms with E-state index in [1.54, 1.807) is 25.1 Å². The van der Waals surface area contributed by atoms with E-state index in [9.17, 15) is 18.3 Å². The van der Waals surface area contributed by atoms with Gasteiger partial charge in [-0.3, -0.25) is 4.72 Å². The van der Waals surface area contributed by atoms with E-state index in [0.29, 0.717) is 0 Å². The number of aromatic carboxylic acids is 1. The predicted molar refractivity (Wildman–Crippen MR) is 92.0 cm³/mol. The Labute approximate surface area is 141 Å². The Morgan fingerprint density at radius 2 is 1.75 bits per heavy atom. The summed E-state index contributed by atoms with van der Waals surface area (Å²) in [7, 11) is -3.83. The van der Waals surface area contributed by atoms with Gasteiger partial charge in [0.05, 0.1) is 16.1 Å². The van der Waals surface area contributed by atoms with Gasteiger partial charge in [-0.1, -0.05) is 17.7 Å². The lowest BCUT2D eigenvalue weighted by molar-refractivity contribution is 0.0698. The van der Waals surface area contributed by atoms with Crippen molar-refractivity contribution >= 4 is 21.7 Å². The van der Waals surface area contributed by atoms with Crippen LogP contribution in [0.4, 0.5) is 5.69 Å². The normalized spacial score (nSPS) is 14.0. The second-order valence-corrected chi connectivity index (χ2v) is 7.78. The monoisotopic (exact) mass is 345 g/mol. The van der Waals surface area contributed by atoms with Crippen LogP contribution in [-0.2, 0) is 22.9 Å². The SMILES string of the molecule is Cc1ccc(NS(=O)(=O)c2ccc3c(c2)CCCC3)c(C(=O)O)c1. The van der Waals surface area contributed by atoms with Crippen LogP contribution >= 0.6 is 0 Å². The molecule has 0 aliphatic heterocycles. The number of carbonyl (C=O) groups is 1. The van der Waals surface area contributed by atoms with Crippen molar-refractivity contribution in [3.63, 3.8) is 0 Å². The summed E-state index contributed by atoms with van der Waals surface area (Å²) in [6.45, 7) is 1.76. The molecule has 0 bridgehead atoms. The second-order valence-electron chi connectivity index (χ2n) is 6.10. The van der Waals surface area contributed by atoms with E-state index >= 15 is 0 Å². The number of anilines is 1. The molecule has 0 atom stereocenters. The lowest BCUT2D eigenvalue weighted by Gasteiger charge is -2.17. The largest absolute Gasteiger partial charge is 0.478 e. The third-order valence-electron chi connectivity index (χ3n) is 4.28. The van der Waals surface area contributed by atoms with Crippen LogP contribution in [0.3, 0.4) is 0 Å². The van der Waals surface area contributed by atoms with Crippen molar-refractivity contribution in [2.75, 3.05) is 4.72 Å². The maximum absolute atomic E-state index is 12.6. The van der Waals surface area contributed by atoms with Crippen LogP contribution in [0, 0.1) is 6.92 Å². The molecule has 0 aromatic heterocycles. The number of nitrogens with one attached hydrogen (secondary N) is 1. The molecule has 1 aliphatic rings. The van der Waals surface area contributed by atoms with Gasteiger partial charge >= 0.3 is 5.97 Å². The molecule has 2 aromatic carbocycles. The number of aryl methyl sites for hydroxylation is 3. The quantitative estimate of drug-likeness (QED) is 0.890. The summed E-state index contributed by atoms with van der Waals surface area (Å²) < 4.78 is 27.7. The van der Waals surface area contributed by atoms with Crippen molar-refractivity contribution < 1.29 is 18.3 Å². The molecule has 1 aliphatic carbocycles. The highest BCUT2D eigenvalue weighted by atomic mass is 32.2. The van der Waals surface area contributed by atoms with Crippen molar-refractivity contribution in [3.05, 3.63) is 58.7 Å². The molecular weight excluding hydrogens is 326 g/mol. The smallest absolute Gasteiger partial charge is 0.337 e. The predicted octanol–water partition coefficient (Wildman–Crippen LogP) is 3.37. The third kappa shape index (κ3) is 3.28. The van der Waals surface area contributed by atoms with Gasteiger partial charge in [-0.25, -0.2) is 13.2 Å². The topological polar surface area (TPSA) is 83.5 Å². The first kappa shape index (κ1) is 16.5. The minimum Gasteiger partial charge on any atom is -0.478 e. The highest BCUT2D eigenvalue weighted by Crippen LogP contribution is 2.26. The molecule has 6 heteroatoms. The van der Waals surface area contributed by atoms with Crippen LogP contribution in [0.5, 0.6) is 0 Å². The van der Waals surface area contributed by atoms with Gasteiger partial charge in [-0.2, -0.15) is 0 Å². The van der Waals surface area contributed by atoms with E-state index < -0.39 is 16.0 Å². The minimum absolute atomic E-state index is 0.0588. The average Bonchev–Trinajstić information content (AvgIpc) is 2.55. The first-order valence-electron chi connectivity index (χ1n) is 7.85. The maximum Gasteiger partial charge on any atom is 0.337 e. The molecule has 0 heterocycles. The van der Waals surface area contributed by atoms with E-state index in [1.165, 1.54) is 17.7 Å². The number of rotatable bonds is 4. The summed E-state index contributed by atoms with van der Waals surface area (Å²) in [4.78, 5) is 11.5. The van der Waals surface area contributed by atoms with Crippen LogP contribution in [0.1, 0.15) is 39.9 Å². The molecule has 0 fully saturated rings. The summed E-state index contributed by atoms with van der Waals surface area (Å²) in [5, 5.41) is 9.28. The van der Waals surface area contributed by atoms with E-state index in [4.69, 9.17) is 0 Å². The summed E-state index contributed by atoms with van der Waals surface area (Å²) in [5.74, 6) is -1.16. The molecule has 5 nitrogen and oxygen atoms in total. The van der Waals surface area contributed by atoms with Gasteiger partial charge in [-0.15, -0.1) is 0 Å². The molecule has 0 unspecified atom stereocenters. The zero-order valence-corrected chi connectivity index (χ0v) is 14.2. The van der Waals surface area contributed by atoms with E-state index in [1.807, 2.05) is 6.07 Å². The number of carboxylic acids is 1. The number of carboxylic acid groups (broad SMARTS) is 1. The van der Waals surface area contributed by atoms with Crippen molar-refractivity contribution in [1.82, 2.24) is 0 Å². The third-order valence-corrected chi connectivity index (χ3v) is 5.64. The molecule has 0 saturated carbocycles. The van der Waals surface area contributed by atoms with Crippen LogP contribution in [0.15, 0.2) is 41.3 Å². The zero-order valence-electron chi connectivity index (χ0n) is 13.4. The van der Waals surface area contributed by atoms with Crippen LogP contribution in [0.2, 0.25) is 0 Å². The summed E-state index contributed by atoms with van der Waals surface area (Å²) in [5.41, 5.74) is 3.03. The van der Waals surface area contributed by atoms with Crippen LogP contribution in [-0.4, -0.2) is 19.5 Å². The first-order chi connectivity index (χ1) is 11.4. The Bertz CT molecular complexity index is 903. The van der Waals surface area contributed by atoms with Crippen molar-refractivity contribution in [1.29, 1.82) is 0 Å². The van der Waals surface area contributed by atoms with Crippen molar-refractivity contribution in [2.24, 2.45) is 0 Å². The Morgan fingerprint density at radius 1 is 1.04 bits per heavy atom. The molecule has 0 spiro atoms. The fourth-order valence-corrected chi connectivity index (χ4v) is 4.13. The molecule has 0 radical (unpaired) electrons. The Kier molecular flexibility index (Phi) is 4.32. The molecule has 3 rings (SSSR count). The number of sulfonamides is 1. The van der Waals surface area contributed by atoms with Crippen molar-refractivity contribution in [3.8, 4) is 0 Å². The minimum atomic E-state index is -3.83. The molecule has 2 N–H and O–H groups in total. The standard InChI is InChI=1S/C18H19NO4S/c1-12-6-9-17(16(10-12)18(20)21)19-24(22,23)15-8-7-13-4-2-3-5-14(13)11-15/h6-11,19H,2-5H2,1H3,(H,20,21). The number of hydrogen-bond donors (Lipinski definition) is 2. The van der Waals surface area contributed by atoms with E-state index in [2.05, 4.69) is 4.72 Å². The Morgan fingerprint density at radius 3 is 2.46 bits per heavy atom. The molecule has 2 aromatic rings. The average molecular weight is 345 g/mol. The fraction of sp³-hybridized carbons (Fsp3) is 0.278. The van der Waals surface area contributed by atoms with E-state index in [-0.39, 0.29) is 16.1 Å². The van der Waals surface area contributed by atoms with Gasteiger partial charge < -0.3 is 5.11 Å². The molecule has 0 amide bonds. The number of fused-ring (bicyclic) bond motifs is 1. The zero-order chi connectivity index (χ0) is 17.3. The Hall–Kier alpha value is -2.34. The van der Waals surface area contributed by atoms with Gasteiger partial charge in [0, 0.05) is 0 Å². The summed E-state index contributed by atoms with van der Waals surface area (Å²) >= 11 is 0. The van der Waals surface area contributed by atoms with Gasteiger partial charge in [0.1, 0.15) is 0 Å². The molecule has 126 valence electrons. The second kappa shape index (κ2) is 6.28. The molecular formula is C18H19NO4S. The number of hydrogen-bond acceptors (Lipinski definition) is 3. The maximum atomic E-state index is 12.6. The van der Waals surface area contributed by atoms with Gasteiger partial charge in [0.15, 0.2) is 0 Å². The van der Waals surface area contributed by atoms with Crippen LogP contribution < -0.4 is 4.72 Å². The van der Waals surface area contributed by atoms with Gasteiger partial charge in [0.2, 0.25) is 0 Å². The lowest BCUT2D eigenvalue weighted by atomic mass is 9.92. The highest BCUT2D eigenvalue weighted by molar-refractivity contribution is 7.92. The number of benzene rings is 2. The highest BCUT2D eigenvalue weighted by Gasteiger charge is 2.20. The van der Waals surface area contributed by atoms with Gasteiger partial charge in [0.25, 0.3) is 10.0 Å². The Balaban J connectivity index is 1.96. The van der Waals surface area contributed by atoms with Gasteiger partial charge in [-0.05, 0) is 68.0 Å². The first-order valence-corrected chi connectivity index (χ1v) is 9.34. The molecule has 0 saturated heterocycles. The lowest BCUT2D eigenvalue weighted by Crippen LogP contribution is -2.16. The summed E-state index contributed by atoms with van der Waals surface area (Å²) in [6.07, 6.45) is 4.04. The van der Waals surface area contributed by atoms with Crippen molar-refractivity contribution in [2.45, 2.75) is 37.5 Å². The van der Waals surface area contributed by atoms with Crippen LogP contribution in [0.25, 0.3) is 0 Å². The summed E-state index contributed by atoms with van der Waals surface area (Å²) in [6, 6.07) is 9.75.